The molecule has 1 N–H and O–H groups in total. The third-order valence-corrected chi connectivity index (χ3v) is 5.70. The third kappa shape index (κ3) is 2.91. The van der Waals surface area contributed by atoms with Gasteiger partial charge in [-0.3, -0.25) is 0 Å². The van der Waals surface area contributed by atoms with E-state index in [9.17, 15) is 79.7 Å². The molecule has 0 radical (unpaired) electrons. The van der Waals surface area contributed by atoms with Crippen LogP contribution in [0.3, 0.4) is 0 Å². The highest BCUT2D eigenvalue weighted by Gasteiger charge is 2.95. The first kappa shape index (κ1) is 29.6. The number of hydrogen-bond acceptors (Lipinski definition) is 1. The molecule has 3 atom stereocenters. The van der Waals surface area contributed by atoms with Crippen molar-refractivity contribution < 1.29 is 88.5 Å². The van der Waals surface area contributed by atoms with Crippen LogP contribution >= 0.6 is 0 Å². The summed E-state index contributed by atoms with van der Waals surface area (Å²) in [7, 11) is 0. The largest absolute Gasteiger partial charge is 0.457 e. The summed E-state index contributed by atoms with van der Waals surface area (Å²) in [6.45, 7) is 0. The first-order chi connectivity index (χ1) is 16.8. The molecule has 0 heterocycles. The highest BCUT2D eigenvalue weighted by Crippen LogP contribution is 2.73. The van der Waals surface area contributed by atoms with E-state index < -0.39 is 104 Å². The third-order valence-electron chi connectivity index (χ3n) is 5.70. The molecule has 0 bridgehead atoms. The molecule has 2 aromatic rings. The monoisotopic (exact) mass is 594 g/mol. The fourth-order valence-electron chi connectivity index (χ4n) is 4.08. The summed E-state index contributed by atoms with van der Waals surface area (Å²) in [6.07, 6.45) is -15.8. The van der Waals surface area contributed by atoms with Gasteiger partial charge in [0.05, 0.1) is 5.56 Å². The lowest BCUT2D eigenvalue weighted by atomic mass is 9.70. The molecule has 0 fully saturated rings. The van der Waals surface area contributed by atoms with Crippen LogP contribution in [0.25, 0.3) is 0 Å². The highest BCUT2D eigenvalue weighted by molar-refractivity contribution is 5.60. The Morgan fingerprint density at radius 3 is 1.05 bits per heavy atom. The molecule has 0 saturated heterocycles. The van der Waals surface area contributed by atoms with Crippen molar-refractivity contribution >= 4 is 0 Å². The molecule has 0 saturated carbocycles. The molecule has 3 rings (SSSR count). The average molecular weight is 594 g/mol. The molecule has 20 heteroatoms. The molecule has 0 amide bonds. The number of rotatable bonds is 2. The van der Waals surface area contributed by atoms with E-state index in [2.05, 4.69) is 0 Å². The summed E-state index contributed by atoms with van der Waals surface area (Å²) >= 11 is 0. The summed E-state index contributed by atoms with van der Waals surface area (Å²) in [5, 5.41) is 10.4. The fraction of sp³-hybridized carbons (Fsp3) is 0.333. The van der Waals surface area contributed by atoms with Crippen LogP contribution in [0.5, 0.6) is 0 Å². The Bertz CT molecular complexity index is 1330. The van der Waals surface area contributed by atoms with E-state index in [1.54, 1.807) is 0 Å². The van der Waals surface area contributed by atoms with E-state index >= 15 is 8.78 Å². The van der Waals surface area contributed by atoms with Gasteiger partial charge in [0.25, 0.3) is 11.3 Å². The Balaban J connectivity index is 2.87. The second-order valence-corrected chi connectivity index (χ2v) is 7.55. The van der Waals surface area contributed by atoms with Crippen molar-refractivity contribution in [2.75, 3.05) is 0 Å². The molecule has 212 valence electrons. The van der Waals surface area contributed by atoms with Crippen molar-refractivity contribution in [3.8, 4) is 0 Å². The maximum Gasteiger partial charge on any atom is 0.457 e. The zero-order valence-electron chi connectivity index (χ0n) is 16.6. The second kappa shape index (κ2) is 7.81. The van der Waals surface area contributed by atoms with Gasteiger partial charge in [0.1, 0.15) is 0 Å². The predicted octanol–water partition coefficient (Wildman–Crippen LogP) is 6.82. The minimum atomic E-state index is -8.11. The van der Waals surface area contributed by atoms with E-state index in [1.165, 1.54) is 0 Å². The predicted molar refractivity (Wildman–Crippen MR) is 79.2 cm³/mol. The summed E-state index contributed by atoms with van der Waals surface area (Å²) in [6, 6.07) is 0. The first-order valence-electron chi connectivity index (χ1n) is 8.81. The molecule has 1 aliphatic rings. The number of halogens is 19. The lowest BCUT2D eigenvalue weighted by Crippen LogP contribution is -2.71. The standard InChI is InChI=1S/C18HF19O/c19-4-1-2(5(20)9(24)8(4)23)14(28,16(30,31)18(35,36)37)15(29,17(32,33)34)13(1,38)3-6(21)10(25)12(27)11(26)7(3)22/h38H. The summed E-state index contributed by atoms with van der Waals surface area (Å²) in [5.74, 6) is -41.6. The topological polar surface area (TPSA) is 20.2 Å². The lowest BCUT2D eigenvalue weighted by molar-refractivity contribution is -0.400. The van der Waals surface area contributed by atoms with Crippen molar-refractivity contribution in [2.45, 2.75) is 35.2 Å². The Morgan fingerprint density at radius 2 is 0.737 bits per heavy atom. The van der Waals surface area contributed by atoms with Gasteiger partial charge in [0.2, 0.25) is 5.82 Å². The quantitative estimate of drug-likeness (QED) is 0.230. The van der Waals surface area contributed by atoms with Gasteiger partial charge in [-0.2, -0.15) is 35.1 Å². The highest BCUT2D eigenvalue weighted by atomic mass is 19.4. The van der Waals surface area contributed by atoms with E-state index in [0.717, 1.165) is 0 Å². The van der Waals surface area contributed by atoms with Crippen molar-refractivity contribution in [1.82, 2.24) is 0 Å². The molecular formula is C18HF19O. The van der Waals surface area contributed by atoms with Crippen LogP contribution in [-0.4, -0.2) is 29.1 Å². The number of hydrogen-bond donors (Lipinski definition) is 1. The summed E-state index contributed by atoms with van der Waals surface area (Å²) < 4.78 is 267. The zero-order valence-corrected chi connectivity index (χ0v) is 16.6. The minimum Gasteiger partial charge on any atom is -0.376 e. The van der Waals surface area contributed by atoms with Crippen LogP contribution in [0.2, 0.25) is 0 Å². The van der Waals surface area contributed by atoms with Crippen molar-refractivity contribution in [2.24, 2.45) is 0 Å². The smallest absolute Gasteiger partial charge is 0.376 e. The maximum absolute atomic E-state index is 15.8. The molecule has 1 aliphatic carbocycles. The van der Waals surface area contributed by atoms with E-state index in [4.69, 9.17) is 0 Å². The molecule has 2 aromatic carbocycles. The normalized spacial score (nSPS) is 26.2. The molecule has 1 nitrogen and oxygen atoms in total. The van der Waals surface area contributed by atoms with Crippen LogP contribution in [-0.2, 0) is 11.3 Å². The van der Waals surface area contributed by atoms with Crippen LogP contribution < -0.4 is 0 Å². The van der Waals surface area contributed by atoms with Gasteiger partial charge in [-0.1, -0.05) is 0 Å². The number of alkyl halides is 10. The summed E-state index contributed by atoms with van der Waals surface area (Å²) in [4.78, 5) is 0. The molecule has 3 unspecified atom stereocenters. The van der Waals surface area contributed by atoms with Gasteiger partial charge in [-0.15, -0.1) is 0 Å². The van der Waals surface area contributed by atoms with Crippen molar-refractivity contribution in [3.05, 3.63) is 69.0 Å². The lowest BCUT2D eigenvalue weighted by Gasteiger charge is -2.45. The van der Waals surface area contributed by atoms with E-state index in [-0.39, 0.29) is 0 Å². The number of fused-ring (bicyclic) bond motifs is 1. The van der Waals surface area contributed by atoms with Crippen LogP contribution in [0.15, 0.2) is 0 Å². The second-order valence-electron chi connectivity index (χ2n) is 7.55. The Hall–Kier alpha value is -2.93. The van der Waals surface area contributed by atoms with Crippen LogP contribution in [0, 0.1) is 52.4 Å². The SMILES string of the molecule is OC1(c2c(F)c(F)c(F)c(F)c2F)c2c(F)c(F)c(F)c(F)c2C(F)(C(F)(F)C(F)(F)F)C1(F)C(F)(F)F. The van der Waals surface area contributed by atoms with Crippen LogP contribution in [0.1, 0.15) is 16.7 Å². The van der Waals surface area contributed by atoms with Gasteiger partial charge < -0.3 is 5.11 Å². The average Bonchev–Trinajstić information content (AvgIpc) is 2.96. The Labute approximate surface area is 194 Å². The molecule has 38 heavy (non-hydrogen) atoms. The van der Waals surface area contributed by atoms with Gasteiger partial charge in [0, 0.05) is 11.1 Å². The molecule has 0 aliphatic heterocycles. The minimum absolute atomic E-state index is 3.37. The van der Waals surface area contributed by atoms with Gasteiger partial charge in [-0.25, -0.2) is 48.3 Å². The van der Waals surface area contributed by atoms with Crippen molar-refractivity contribution in [1.29, 1.82) is 0 Å². The number of benzene rings is 2. The molecule has 0 aromatic heterocycles. The fourth-order valence-corrected chi connectivity index (χ4v) is 4.08. The Kier molecular flexibility index (Phi) is 6.09. The summed E-state index contributed by atoms with van der Waals surface area (Å²) in [5.41, 5.74) is -34.4. The van der Waals surface area contributed by atoms with Gasteiger partial charge >= 0.3 is 18.3 Å². The molecule has 0 spiro atoms. The van der Waals surface area contributed by atoms with Crippen molar-refractivity contribution in [3.63, 3.8) is 0 Å². The zero-order chi connectivity index (χ0) is 29.9. The molecular weight excluding hydrogens is 593 g/mol. The first-order valence-corrected chi connectivity index (χ1v) is 8.81. The van der Waals surface area contributed by atoms with Crippen LogP contribution in [0.4, 0.5) is 83.4 Å². The number of aliphatic hydroxyl groups is 1. The van der Waals surface area contributed by atoms with E-state index in [1.807, 2.05) is 0 Å². The van der Waals surface area contributed by atoms with E-state index in [0.29, 0.717) is 0 Å². The van der Waals surface area contributed by atoms with Gasteiger partial charge in [0.15, 0.2) is 52.1 Å². The Morgan fingerprint density at radius 1 is 0.447 bits per heavy atom. The maximum atomic E-state index is 15.8. The van der Waals surface area contributed by atoms with Gasteiger partial charge in [-0.05, 0) is 0 Å².